The zero-order valence-electron chi connectivity index (χ0n) is 20.6. The van der Waals surface area contributed by atoms with Crippen LogP contribution in [0.1, 0.15) is 37.3 Å². The molecule has 0 unspecified atom stereocenters. The van der Waals surface area contributed by atoms with Crippen molar-refractivity contribution in [2.45, 2.75) is 37.9 Å². The van der Waals surface area contributed by atoms with Crippen molar-refractivity contribution in [3.05, 3.63) is 59.7 Å². The van der Waals surface area contributed by atoms with Crippen LogP contribution in [-0.4, -0.2) is 63.5 Å². The minimum atomic E-state index is -3.90. The molecule has 2 heterocycles. The van der Waals surface area contributed by atoms with Gasteiger partial charge in [0.25, 0.3) is 0 Å². The molecule has 4 rings (SSSR count). The second-order valence-corrected chi connectivity index (χ2v) is 11.2. The Morgan fingerprint density at radius 1 is 1.09 bits per heavy atom. The lowest BCUT2D eigenvalue weighted by molar-refractivity contribution is -0.146. The van der Waals surface area contributed by atoms with Crippen molar-refractivity contribution >= 4 is 21.6 Å². The van der Waals surface area contributed by atoms with Crippen LogP contribution < -0.4 is 4.74 Å². The van der Waals surface area contributed by atoms with Gasteiger partial charge < -0.3 is 14.2 Å². The molecule has 1 saturated heterocycles. The maximum Gasteiger partial charge on any atom is 0.328 e. The molecule has 0 N–H and O–H groups in total. The van der Waals surface area contributed by atoms with Gasteiger partial charge in [0.05, 0.1) is 13.7 Å². The van der Waals surface area contributed by atoms with Gasteiger partial charge in [-0.1, -0.05) is 36.4 Å². The van der Waals surface area contributed by atoms with Crippen molar-refractivity contribution < 1.29 is 27.4 Å². The molecule has 0 atom stereocenters. The van der Waals surface area contributed by atoms with E-state index in [2.05, 4.69) is 37.3 Å². The van der Waals surface area contributed by atoms with E-state index in [4.69, 9.17) is 14.2 Å². The molecule has 0 saturated carbocycles. The van der Waals surface area contributed by atoms with Gasteiger partial charge in [0.1, 0.15) is 5.75 Å². The molecule has 0 aromatic heterocycles. The number of esters is 1. The van der Waals surface area contributed by atoms with Gasteiger partial charge >= 0.3 is 5.97 Å². The van der Waals surface area contributed by atoms with Crippen LogP contribution in [0.15, 0.2) is 48.5 Å². The van der Waals surface area contributed by atoms with Gasteiger partial charge in [0.2, 0.25) is 10.0 Å². The van der Waals surface area contributed by atoms with Crippen molar-refractivity contribution in [3.63, 3.8) is 0 Å². The maximum absolute atomic E-state index is 13.6. The summed E-state index contributed by atoms with van der Waals surface area (Å²) in [6.45, 7) is 5.70. The number of carbonyl (C=O) groups excluding carboxylic acids is 1. The quantitative estimate of drug-likeness (QED) is 0.531. The highest BCUT2D eigenvalue weighted by Gasteiger charge is 2.55. The molecule has 188 valence electrons. The van der Waals surface area contributed by atoms with Gasteiger partial charge in [0.15, 0.2) is 4.75 Å². The predicted octanol–water partition coefficient (Wildman–Crippen LogP) is 4.20. The monoisotopic (exact) mass is 499 g/mol. The van der Waals surface area contributed by atoms with Crippen molar-refractivity contribution in [2.24, 2.45) is 0 Å². The average Bonchev–Trinajstić information content (AvgIpc) is 2.89. The molecule has 1 fully saturated rings. The van der Waals surface area contributed by atoms with Gasteiger partial charge in [0, 0.05) is 39.1 Å². The lowest BCUT2D eigenvalue weighted by atomic mass is 9.93. The summed E-state index contributed by atoms with van der Waals surface area (Å²) in [7, 11) is -2.66. The summed E-state index contributed by atoms with van der Waals surface area (Å²) >= 11 is 0. The normalized spacial score (nSPS) is 18.5. The van der Waals surface area contributed by atoms with Gasteiger partial charge in [-0.15, -0.1) is 0 Å². The first-order chi connectivity index (χ1) is 16.8. The zero-order chi connectivity index (χ0) is 25.1. The van der Waals surface area contributed by atoms with E-state index in [9.17, 15) is 13.2 Å². The zero-order valence-corrected chi connectivity index (χ0v) is 21.4. The minimum Gasteiger partial charge on any atom is -0.494 e. The van der Waals surface area contributed by atoms with Crippen molar-refractivity contribution in [2.75, 3.05) is 40.0 Å². The first kappa shape index (κ1) is 25.4. The number of methoxy groups -OCH3 is 1. The molecular formula is C27H33NO6S. The van der Waals surface area contributed by atoms with Crippen LogP contribution in [0.25, 0.3) is 16.7 Å². The Morgan fingerprint density at radius 2 is 1.77 bits per heavy atom. The Bertz CT molecular complexity index is 1200. The third kappa shape index (κ3) is 4.87. The molecule has 0 spiro atoms. The summed E-state index contributed by atoms with van der Waals surface area (Å²) in [6, 6.07) is 14.4. The van der Waals surface area contributed by atoms with Gasteiger partial charge in [-0.3, -0.25) is 4.79 Å². The highest BCUT2D eigenvalue weighted by Crippen LogP contribution is 2.36. The number of sulfonamides is 1. The topological polar surface area (TPSA) is 82.1 Å². The highest BCUT2D eigenvalue weighted by molar-refractivity contribution is 7.91. The van der Waals surface area contributed by atoms with E-state index >= 15 is 0 Å². The number of hydrogen-bond donors (Lipinski definition) is 0. The number of rotatable bonds is 7. The molecule has 2 aliphatic heterocycles. The fraction of sp³-hybridized carbons (Fsp3) is 0.444. The molecule has 0 radical (unpaired) electrons. The number of nitrogens with zero attached hydrogens (tertiary/aromatic N) is 1. The maximum atomic E-state index is 13.6. The van der Waals surface area contributed by atoms with Crippen LogP contribution >= 0.6 is 0 Å². The SMILES string of the molecule is CCOc1ccc(-c2ccc(C3=CCN(S(=O)(=O)C4(C(=O)OC)CCOCC4)CC3)cc2C)cc1. The first-order valence-electron chi connectivity index (χ1n) is 12.0. The summed E-state index contributed by atoms with van der Waals surface area (Å²) in [4.78, 5) is 12.6. The summed E-state index contributed by atoms with van der Waals surface area (Å²) in [6.07, 6.45) is 2.76. The molecule has 2 aromatic carbocycles. The van der Waals surface area contributed by atoms with Crippen LogP contribution in [0.2, 0.25) is 0 Å². The molecular weight excluding hydrogens is 466 g/mol. The summed E-state index contributed by atoms with van der Waals surface area (Å²) < 4.78 is 42.8. The molecule has 8 heteroatoms. The number of ether oxygens (including phenoxy) is 3. The minimum absolute atomic E-state index is 0.112. The Kier molecular flexibility index (Phi) is 7.64. The number of aryl methyl sites for hydroxylation is 1. The van der Waals surface area contributed by atoms with Crippen LogP contribution in [0.5, 0.6) is 5.75 Å². The Balaban J connectivity index is 1.52. The fourth-order valence-corrected chi connectivity index (χ4v) is 6.99. The van der Waals surface area contributed by atoms with Crippen LogP contribution in [0, 0.1) is 6.92 Å². The van der Waals surface area contributed by atoms with Crippen molar-refractivity contribution in [1.82, 2.24) is 4.31 Å². The standard InChI is InChI=1S/C27H33NO6S/c1-4-34-24-8-5-22(6-9-24)25-10-7-23(19-20(25)2)21-11-15-28(16-12-21)35(30,31)27(26(29)32-3)13-17-33-18-14-27/h5-11,19H,4,12-18H2,1-3H3. The fourth-order valence-electron chi connectivity index (χ4n) is 4.92. The van der Waals surface area contributed by atoms with E-state index < -0.39 is 20.7 Å². The van der Waals surface area contributed by atoms with Gasteiger partial charge in [-0.25, -0.2) is 8.42 Å². The Hall–Kier alpha value is -2.68. The second kappa shape index (κ2) is 10.5. The lowest BCUT2D eigenvalue weighted by Gasteiger charge is -2.38. The summed E-state index contributed by atoms with van der Waals surface area (Å²) in [5, 5.41) is 0. The van der Waals surface area contributed by atoms with Crippen LogP contribution in [-0.2, 0) is 24.3 Å². The molecule has 0 bridgehead atoms. The summed E-state index contributed by atoms with van der Waals surface area (Å²) in [5.74, 6) is 0.156. The van der Waals surface area contributed by atoms with E-state index in [0.717, 1.165) is 33.6 Å². The van der Waals surface area contributed by atoms with E-state index in [-0.39, 0.29) is 32.6 Å². The number of benzene rings is 2. The number of carbonyl (C=O) groups is 1. The Morgan fingerprint density at radius 3 is 2.34 bits per heavy atom. The van der Waals surface area contributed by atoms with Crippen molar-refractivity contribution in [3.8, 4) is 16.9 Å². The van der Waals surface area contributed by atoms with Crippen LogP contribution in [0.4, 0.5) is 0 Å². The van der Waals surface area contributed by atoms with Gasteiger partial charge in [-0.2, -0.15) is 4.31 Å². The second-order valence-electron chi connectivity index (χ2n) is 8.93. The van der Waals surface area contributed by atoms with E-state index in [1.807, 2.05) is 25.1 Å². The smallest absolute Gasteiger partial charge is 0.328 e. The van der Waals surface area contributed by atoms with Crippen LogP contribution in [0.3, 0.4) is 0 Å². The predicted molar refractivity (Wildman–Crippen MR) is 136 cm³/mol. The van der Waals surface area contributed by atoms with E-state index in [1.54, 1.807) is 0 Å². The molecule has 0 aliphatic carbocycles. The number of hydrogen-bond acceptors (Lipinski definition) is 6. The van der Waals surface area contributed by atoms with Gasteiger partial charge in [-0.05, 0) is 60.2 Å². The third-order valence-corrected chi connectivity index (χ3v) is 9.51. The van der Waals surface area contributed by atoms with E-state index in [1.165, 1.54) is 11.4 Å². The molecule has 35 heavy (non-hydrogen) atoms. The first-order valence-corrected chi connectivity index (χ1v) is 13.5. The average molecular weight is 500 g/mol. The van der Waals surface area contributed by atoms with Crippen molar-refractivity contribution in [1.29, 1.82) is 0 Å². The molecule has 7 nitrogen and oxygen atoms in total. The molecule has 2 aromatic rings. The summed E-state index contributed by atoms with van der Waals surface area (Å²) in [5.41, 5.74) is 5.61. The molecule has 2 aliphatic rings. The highest BCUT2D eigenvalue weighted by atomic mass is 32.2. The third-order valence-electron chi connectivity index (χ3n) is 6.94. The largest absolute Gasteiger partial charge is 0.494 e. The Labute approximate surface area is 207 Å². The lowest BCUT2D eigenvalue weighted by Crippen LogP contribution is -2.57. The molecule has 0 amide bonds. The van der Waals surface area contributed by atoms with E-state index in [0.29, 0.717) is 19.6 Å².